The highest BCUT2D eigenvalue weighted by Gasteiger charge is 2.48. The molecule has 0 aromatic heterocycles. The number of anilines is 1. The van der Waals surface area contributed by atoms with Crippen LogP contribution in [0.5, 0.6) is 5.75 Å². The molecule has 0 unspecified atom stereocenters. The van der Waals surface area contributed by atoms with Crippen LogP contribution in [-0.4, -0.2) is 25.7 Å². The Kier molecular flexibility index (Phi) is 5.17. The standard InChI is InChI=1S/C23H27NO3/c1-26-20-9-7-19(8-10-20)24-16-15-23(22(24)25)13-11-21(12-14-23)27-17-18-5-3-2-4-6-18/h2-10,21H,11-17H2,1H3/t21-,23-. The number of benzene rings is 2. The van der Waals surface area contributed by atoms with Crippen LogP contribution in [0.15, 0.2) is 54.6 Å². The molecule has 2 fully saturated rings. The number of hydrogen-bond donors (Lipinski definition) is 0. The van der Waals surface area contributed by atoms with Crippen molar-refractivity contribution in [3.63, 3.8) is 0 Å². The van der Waals surface area contributed by atoms with Gasteiger partial charge in [-0.25, -0.2) is 0 Å². The lowest BCUT2D eigenvalue weighted by Crippen LogP contribution is -2.39. The van der Waals surface area contributed by atoms with Gasteiger partial charge in [0.15, 0.2) is 0 Å². The Hall–Kier alpha value is -2.33. The third-order valence-electron chi connectivity index (χ3n) is 6.12. The van der Waals surface area contributed by atoms with Crippen molar-refractivity contribution >= 4 is 11.6 Å². The molecule has 4 nitrogen and oxygen atoms in total. The Balaban J connectivity index is 1.34. The number of ether oxygens (including phenoxy) is 2. The summed E-state index contributed by atoms with van der Waals surface area (Å²) in [4.78, 5) is 15.1. The maximum atomic E-state index is 13.2. The Morgan fingerprint density at radius 3 is 2.37 bits per heavy atom. The fourth-order valence-corrected chi connectivity index (χ4v) is 4.39. The van der Waals surface area contributed by atoms with E-state index in [4.69, 9.17) is 9.47 Å². The quantitative estimate of drug-likeness (QED) is 0.779. The molecular weight excluding hydrogens is 338 g/mol. The number of rotatable bonds is 5. The average Bonchev–Trinajstić information content (AvgIpc) is 3.04. The van der Waals surface area contributed by atoms with Crippen molar-refractivity contribution in [2.24, 2.45) is 5.41 Å². The molecule has 1 spiro atoms. The van der Waals surface area contributed by atoms with Crippen molar-refractivity contribution in [3.8, 4) is 5.75 Å². The minimum atomic E-state index is -0.188. The van der Waals surface area contributed by atoms with Crippen LogP contribution in [0.1, 0.15) is 37.7 Å². The molecule has 142 valence electrons. The molecule has 1 aliphatic heterocycles. The summed E-state index contributed by atoms with van der Waals surface area (Å²) in [6.07, 6.45) is 5.00. The van der Waals surface area contributed by atoms with E-state index in [1.165, 1.54) is 5.56 Å². The van der Waals surface area contributed by atoms with Crippen LogP contribution in [0.3, 0.4) is 0 Å². The summed E-state index contributed by atoms with van der Waals surface area (Å²) in [6.45, 7) is 1.46. The van der Waals surface area contributed by atoms with Gasteiger partial charge in [0.05, 0.1) is 25.2 Å². The van der Waals surface area contributed by atoms with Gasteiger partial charge in [0.1, 0.15) is 5.75 Å². The first-order chi connectivity index (χ1) is 13.2. The van der Waals surface area contributed by atoms with Crippen LogP contribution >= 0.6 is 0 Å². The van der Waals surface area contributed by atoms with Crippen molar-refractivity contribution in [2.45, 2.75) is 44.8 Å². The number of methoxy groups -OCH3 is 1. The summed E-state index contributed by atoms with van der Waals surface area (Å²) >= 11 is 0. The number of hydrogen-bond acceptors (Lipinski definition) is 3. The normalized spacial score (nSPS) is 25.1. The maximum absolute atomic E-state index is 13.2. The van der Waals surface area contributed by atoms with Gasteiger partial charge in [-0.05, 0) is 61.9 Å². The van der Waals surface area contributed by atoms with Crippen LogP contribution in [0.4, 0.5) is 5.69 Å². The molecule has 0 N–H and O–H groups in total. The summed E-state index contributed by atoms with van der Waals surface area (Å²) in [5, 5.41) is 0. The Morgan fingerprint density at radius 2 is 1.70 bits per heavy atom. The topological polar surface area (TPSA) is 38.8 Å². The van der Waals surface area contributed by atoms with E-state index in [2.05, 4.69) is 12.1 Å². The molecule has 0 radical (unpaired) electrons. The molecule has 0 atom stereocenters. The highest BCUT2D eigenvalue weighted by molar-refractivity contribution is 6.00. The molecular formula is C23H27NO3. The molecule has 27 heavy (non-hydrogen) atoms. The van der Waals surface area contributed by atoms with Gasteiger partial charge in [0.25, 0.3) is 0 Å². The summed E-state index contributed by atoms with van der Waals surface area (Å²) in [5.41, 5.74) is 1.99. The molecule has 4 rings (SSSR count). The van der Waals surface area contributed by atoms with Crippen molar-refractivity contribution in [1.29, 1.82) is 0 Å². The molecule has 1 heterocycles. The van der Waals surface area contributed by atoms with E-state index in [1.54, 1.807) is 7.11 Å². The third kappa shape index (κ3) is 3.72. The van der Waals surface area contributed by atoms with Gasteiger partial charge in [-0.2, -0.15) is 0 Å². The highest BCUT2D eigenvalue weighted by Crippen LogP contribution is 2.46. The zero-order valence-electron chi connectivity index (χ0n) is 15.9. The summed E-state index contributed by atoms with van der Waals surface area (Å²) in [6, 6.07) is 18.1. The van der Waals surface area contributed by atoms with Crippen LogP contribution < -0.4 is 9.64 Å². The predicted octanol–water partition coefficient (Wildman–Crippen LogP) is 4.58. The number of carbonyl (C=O) groups is 1. The van der Waals surface area contributed by atoms with Gasteiger partial charge in [0, 0.05) is 12.2 Å². The Morgan fingerprint density at radius 1 is 1.00 bits per heavy atom. The van der Waals surface area contributed by atoms with Crippen LogP contribution in [0.25, 0.3) is 0 Å². The van der Waals surface area contributed by atoms with Crippen LogP contribution in [-0.2, 0) is 16.1 Å². The van der Waals surface area contributed by atoms with Gasteiger partial charge in [-0.15, -0.1) is 0 Å². The van der Waals surface area contributed by atoms with E-state index >= 15 is 0 Å². The summed E-state index contributed by atoms with van der Waals surface area (Å²) in [7, 11) is 1.66. The summed E-state index contributed by atoms with van der Waals surface area (Å²) in [5.74, 6) is 1.10. The van der Waals surface area contributed by atoms with Crippen LogP contribution in [0, 0.1) is 5.41 Å². The molecule has 1 amide bonds. The van der Waals surface area contributed by atoms with E-state index < -0.39 is 0 Å². The largest absolute Gasteiger partial charge is 0.497 e. The fourth-order valence-electron chi connectivity index (χ4n) is 4.39. The number of carbonyl (C=O) groups excluding carboxylic acids is 1. The van der Waals surface area contributed by atoms with E-state index in [0.717, 1.165) is 50.1 Å². The van der Waals surface area contributed by atoms with Gasteiger partial charge in [-0.1, -0.05) is 30.3 Å². The van der Waals surface area contributed by atoms with Gasteiger partial charge < -0.3 is 14.4 Å². The minimum absolute atomic E-state index is 0.188. The van der Waals surface area contributed by atoms with Gasteiger partial charge in [-0.3, -0.25) is 4.79 Å². The molecule has 0 bridgehead atoms. The molecule has 2 aromatic rings. The minimum Gasteiger partial charge on any atom is -0.497 e. The average molecular weight is 365 g/mol. The first kappa shape index (κ1) is 18.1. The van der Waals surface area contributed by atoms with E-state index in [1.807, 2.05) is 47.4 Å². The monoisotopic (exact) mass is 365 g/mol. The maximum Gasteiger partial charge on any atom is 0.233 e. The van der Waals surface area contributed by atoms with Crippen molar-refractivity contribution in [3.05, 3.63) is 60.2 Å². The van der Waals surface area contributed by atoms with Crippen LogP contribution in [0.2, 0.25) is 0 Å². The first-order valence-electron chi connectivity index (χ1n) is 9.82. The lowest BCUT2D eigenvalue weighted by Gasteiger charge is -2.35. The molecule has 2 aromatic carbocycles. The van der Waals surface area contributed by atoms with E-state index in [0.29, 0.717) is 6.61 Å². The molecule has 4 heteroatoms. The van der Waals surface area contributed by atoms with E-state index in [-0.39, 0.29) is 17.4 Å². The fraction of sp³-hybridized carbons (Fsp3) is 0.435. The van der Waals surface area contributed by atoms with Crippen molar-refractivity contribution in [2.75, 3.05) is 18.6 Å². The second-order valence-corrected chi connectivity index (χ2v) is 7.68. The molecule has 1 aliphatic carbocycles. The van der Waals surface area contributed by atoms with E-state index in [9.17, 15) is 4.79 Å². The highest BCUT2D eigenvalue weighted by atomic mass is 16.5. The van der Waals surface area contributed by atoms with Gasteiger partial charge in [0.2, 0.25) is 5.91 Å². The third-order valence-corrected chi connectivity index (χ3v) is 6.12. The zero-order valence-corrected chi connectivity index (χ0v) is 15.9. The lowest BCUT2D eigenvalue weighted by atomic mass is 9.72. The smallest absolute Gasteiger partial charge is 0.233 e. The SMILES string of the molecule is COc1ccc(N2CC[C@]3(CC[C@@H](OCc4ccccc4)CC3)C2=O)cc1. The zero-order chi connectivity index (χ0) is 18.7. The second-order valence-electron chi connectivity index (χ2n) is 7.68. The first-order valence-corrected chi connectivity index (χ1v) is 9.82. The lowest BCUT2D eigenvalue weighted by molar-refractivity contribution is -0.129. The number of nitrogens with zero attached hydrogens (tertiary/aromatic N) is 1. The predicted molar refractivity (Wildman–Crippen MR) is 106 cm³/mol. The Bertz CT molecular complexity index is 764. The molecule has 1 saturated heterocycles. The molecule has 1 saturated carbocycles. The van der Waals surface area contributed by atoms with Gasteiger partial charge >= 0.3 is 0 Å². The van der Waals surface area contributed by atoms with Crippen molar-refractivity contribution in [1.82, 2.24) is 0 Å². The number of amides is 1. The second kappa shape index (κ2) is 7.73. The Labute approximate surface area is 161 Å². The van der Waals surface area contributed by atoms with Crippen molar-refractivity contribution < 1.29 is 14.3 Å². The summed E-state index contributed by atoms with van der Waals surface area (Å²) < 4.78 is 11.3. The molecule has 2 aliphatic rings.